The van der Waals surface area contributed by atoms with Gasteiger partial charge >= 0.3 is 0 Å². The number of imidazole rings is 1. The second kappa shape index (κ2) is 7.00. The first kappa shape index (κ1) is 16.3. The molecule has 1 aromatic heterocycles. The number of fused-ring (bicyclic) bond motifs is 1. The van der Waals surface area contributed by atoms with Gasteiger partial charge < -0.3 is 15.6 Å². The van der Waals surface area contributed by atoms with Crippen molar-refractivity contribution >= 4 is 11.6 Å². The molecule has 0 aliphatic heterocycles. The monoisotopic (exact) mass is 349 g/mol. The molecular weight excluding hydrogens is 329 g/mol. The maximum Gasteiger partial charge on any atom is 0.193 e. The number of hydrogen-bond acceptors (Lipinski definition) is 2. The van der Waals surface area contributed by atoms with Gasteiger partial charge in [0.2, 0.25) is 0 Å². The molecule has 0 radical (unpaired) electrons. The summed E-state index contributed by atoms with van der Waals surface area (Å²) in [5, 5.41) is 3.11. The van der Waals surface area contributed by atoms with Crippen molar-refractivity contribution in [3.63, 3.8) is 0 Å². The fraction of sp³-hybridized carbons (Fsp3) is 0.200. The molecule has 3 N–H and O–H groups in total. The first-order chi connectivity index (χ1) is 12.7. The van der Waals surface area contributed by atoms with Gasteiger partial charge in [-0.2, -0.15) is 0 Å². The van der Waals surface area contributed by atoms with Gasteiger partial charge in [-0.05, 0) is 60.2 Å². The quantitative estimate of drug-likeness (QED) is 0.560. The first-order valence-corrected chi connectivity index (χ1v) is 8.64. The van der Waals surface area contributed by atoms with Gasteiger partial charge in [-0.3, -0.25) is 0 Å². The second-order valence-corrected chi connectivity index (χ2v) is 6.42. The van der Waals surface area contributed by atoms with Crippen molar-refractivity contribution in [1.82, 2.24) is 9.55 Å². The molecule has 0 saturated carbocycles. The van der Waals surface area contributed by atoms with Crippen LogP contribution in [-0.4, -0.2) is 15.5 Å². The lowest BCUT2D eigenvalue weighted by atomic mass is 10.1. The summed E-state index contributed by atoms with van der Waals surface area (Å²) in [7, 11) is 0. The van der Waals surface area contributed by atoms with Crippen LogP contribution >= 0.6 is 0 Å². The van der Waals surface area contributed by atoms with Crippen LogP contribution in [0.1, 0.15) is 23.1 Å². The van der Waals surface area contributed by atoms with E-state index in [-0.39, 0.29) is 5.82 Å². The van der Waals surface area contributed by atoms with Gasteiger partial charge in [-0.15, -0.1) is 0 Å². The minimum atomic E-state index is -0.319. The molecule has 2 aromatic carbocycles. The second-order valence-electron chi connectivity index (χ2n) is 6.42. The summed E-state index contributed by atoms with van der Waals surface area (Å²) in [6.45, 7) is 0.310. The molecule has 0 bridgehead atoms. The van der Waals surface area contributed by atoms with Gasteiger partial charge in [-0.25, -0.2) is 14.4 Å². The van der Waals surface area contributed by atoms with Gasteiger partial charge in [0, 0.05) is 18.1 Å². The van der Waals surface area contributed by atoms with Crippen molar-refractivity contribution in [2.24, 2.45) is 10.7 Å². The van der Waals surface area contributed by atoms with Gasteiger partial charge in [0.05, 0.1) is 18.6 Å². The van der Waals surface area contributed by atoms with E-state index in [4.69, 9.17) is 5.73 Å². The Hall–Kier alpha value is -3.15. The van der Waals surface area contributed by atoms with E-state index >= 15 is 0 Å². The minimum Gasteiger partial charge on any atom is -0.370 e. The number of anilines is 1. The molecule has 4 rings (SSSR count). The summed E-state index contributed by atoms with van der Waals surface area (Å²) in [4.78, 5) is 8.25. The Morgan fingerprint density at radius 2 is 2.08 bits per heavy atom. The highest BCUT2D eigenvalue weighted by molar-refractivity contribution is 5.92. The summed E-state index contributed by atoms with van der Waals surface area (Å²) in [5.41, 5.74) is 10.9. The Balaban J connectivity index is 1.43. The fourth-order valence-electron chi connectivity index (χ4n) is 3.27. The summed E-state index contributed by atoms with van der Waals surface area (Å²) >= 11 is 0. The highest BCUT2D eigenvalue weighted by atomic mass is 19.1. The van der Waals surface area contributed by atoms with Gasteiger partial charge in [0.1, 0.15) is 5.82 Å². The lowest BCUT2D eigenvalue weighted by molar-refractivity contribution is 0.616. The molecule has 0 spiro atoms. The summed E-state index contributed by atoms with van der Waals surface area (Å²) < 4.78 is 15.9. The molecule has 3 aromatic rings. The van der Waals surface area contributed by atoms with E-state index in [9.17, 15) is 4.39 Å². The number of benzene rings is 2. The molecule has 0 atom stereocenters. The summed E-state index contributed by atoms with van der Waals surface area (Å²) in [5.74, 6) is 0.00268. The average molecular weight is 349 g/mol. The van der Waals surface area contributed by atoms with Crippen molar-refractivity contribution < 1.29 is 4.39 Å². The predicted molar refractivity (Wildman–Crippen MR) is 101 cm³/mol. The van der Waals surface area contributed by atoms with Gasteiger partial charge in [0.15, 0.2) is 5.96 Å². The Morgan fingerprint density at radius 3 is 2.88 bits per heavy atom. The van der Waals surface area contributed by atoms with Crippen molar-refractivity contribution in [3.8, 4) is 5.69 Å². The summed E-state index contributed by atoms with van der Waals surface area (Å²) in [6, 6.07) is 11.3. The van der Waals surface area contributed by atoms with Gasteiger partial charge in [-0.1, -0.05) is 12.1 Å². The molecule has 0 amide bonds. The van der Waals surface area contributed by atoms with E-state index < -0.39 is 0 Å². The number of aromatic nitrogens is 2. The van der Waals surface area contributed by atoms with Crippen LogP contribution in [0.4, 0.5) is 10.1 Å². The van der Waals surface area contributed by atoms with Crippen LogP contribution in [0.5, 0.6) is 0 Å². The van der Waals surface area contributed by atoms with Crippen LogP contribution in [0.3, 0.4) is 0 Å². The molecule has 132 valence electrons. The van der Waals surface area contributed by atoms with E-state index in [1.54, 1.807) is 29.4 Å². The van der Waals surface area contributed by atoms with Crippen molar-refractivity contribution in [3.05, 3.63) is 77.6 Å². The van der Waals surface area contributed by atoms with Gasteiger partial charge in [0.25, 0.3) is 0 Å². The molecule has 1 aliphatic carbocycles. The third-order valence-corrected chi connectivity index (χ3v) is 4.60. The predicted octanol–water partition coefficient (Wildman–Crippen LogP) is 3.43. The zero-order valence-electron chi connectivity index (χ0n) is 14.3. The summed E-state index contributed by atoms with van der Waals surface area (Å²) in [6.07, 6.45) is 8.36. The average Bonchev–Trinajstić information content (AvgIpc) is 3.31. The maximum absolute atomic E-state index is 14.3. The number of nitrogens with zero attached hydrogens (tertiary/aromatic N) is 3. The number of hydrogen-bond donors (Lipinski definition) is 2. The van der Waals surface area contributed by atoms with Crippen LogP contribution in [0.2, 0.25) is 0 Å². The largest absolute Gasteiger partial charge is 0.370 e. The maximum atomic E-state index is 14.3. The lowest BCUT2D eigenvalue weighted by Gasteiger charge is -2.09. The smallest absolute Gasteiger partial charge is 0.193 e. The number of aliphatic imine (C=N–C) groups is 1. The number of guanidine groups is 1. The van der Waals surface area contributed by atoms with E-state index in [0.717, 1.165) is 24.1 Å². The third kappa shape index (κ3) is 3.44. The van der Waals surface area contributed by atoms with Crippen LogP contribution in [0.15, 0.2) is 60.1 Å². The molecular formula is C20H20FN5. The topological polar surface area (TPSA) is 68.2 Å². The Bertz CT molecular complexity index is 947. The Labute approximate surface area is 151 Å². The number of nitrogens with one attached hydrogen (secondary N) is 1. The molecule has 6 heteroatoms. The van der Waals surface area contributed by atoms with Crippen molar-refractivity contribution in [1.29, 1.82) is 0 Å². The molecule has 1 heterocycles. The minimum absolute atomic E-state index is 0.310. The van der Waals surface area contributed by atoms with Crippen molar-refractivity contribution in [2.45, 2.75) is 25.8 Å². The zero-order valence-corrected chi connectivity index (χ0v) is 14.3. The SMILES string of the molecule is NC(=NCc1ccc(-n2ccnc2)c(F)c1)Nc1ccc2c(c1)CCC2. The molecule has 0 fully saturated rings. The first-order valence-electron chi connectivity index (χ1n) is 8.64. The molecule has 0 unspecified atom stereocenters. The Kier molecular flexibility index (Phi) is 4.39. The fourth-order valence-corrected chi connectivity index (χ4v) is 3.27. The van der Waals surface area contributed by atoms with Crippen LogP contribution < -0.4 is 11.1 Å². The van der Waals surface area contributed by atoms with Crippen LogP contribution in [0.25, 0.3) is 5.69 Å². The highest BCUT2D eigenvalue weighted by Crippen LogP contribution is 2.24. The Morgan fingerprint density at radius 1 is 1.19 bits per heavy atom. The molecule has 1 aliphatic rings. The van der Waals surface area contributed by atoms with E-state index in [2.05, 4.69) is 27.4 Å². The third-order valence-electron chi connectivity index (χ3n) is 4.60. The van der Waals surface area contributed by atoms with Crippen molar-refractivity contribution in [2.75, 3.05) is 5.32 Å². The zero-order chi connectivity index (χ0) is 17.9. The normalized spacial score (nSPS) is 13.7. The standard InChI is InChI=1S/C20H20FN5/c21-18-10-14(4-7-19(18)26-9-8-23-13-26)12-24-20(22)25-17-6-5-15-2-1-3-16(15)11-17/h4-11,13H,1-3,12H2,(H3,22,24,25). The lowest BCUT2D eigenvalue weighted by Crippen LogP contribution is -2.22. The number of nitrogens with two attached hydrogens (primary N) is 1. The molecule has 0 saturated heterocycles. The van der Waals surface area contributed by atoms with E-state index in [1.807, 2.05) is 12.1 Å². The molecule has 5 nitrogen and oxygen atoms in total. The number of aryl methyl sites for hydroxylation is 2. The number of rotatable bonds is 4. The van der Waals surface area contributed by atoms with Crippen LogP contribution in [0, 0.1) is 5.82 Å². The van der Waals surface area contributed by atoms with E-state index in [0.29, 0.717) is 18.2 Å². The molecule has 26 heavy (non-hydrogen) atoms. The number of halogens is 1. The van der Waals surface area contributed by atoms with E-state index in [1.165, 1.54) is 23.6 Å². The highest BCUT2D eigenvalue weighted by Gasteiger charge is 2.11. The van der Waals surface area contributed by atoms with Crippen LogP contribution in [-0.2, 0) is 19.4 Å².